The molecule has 88 valence electrons. The van der Waals surface area contributed by atoms with Gasteiger partial charge in [-0.05, 0) is 38.3 Å². The zero-order valence-corrected chi connectivity index (χ0v) is 9.65. The van der Waals surface area contributed by atoms with E-state index in [-0.39, 0.29) is 0 Å². The van der Waals surface area contributed by atoms with Gasteiger partial charge in [-0.15, -0.1) is 0 Å². The van der Waals surface area contributed by atoms with Crippen LogP contribution < -0.4 is 11.1 Å². The van der Waals surface area contributed by atoms with Crippen LogP contribution in [0.3, 0.4) is 0 Å². The summed E-state index contributed by atoms with van der Waals surface area (Å²) in [5.74, 6) is 1.98. The molecule has 3 heterocycles. The number of nitrogens with one attached hydrogen (secondary N) is 1. The zero-order valence-electron chi connectivity index (χ0n) is 9.65. The number of imidazole rings is 1. The molecule has 0 aliphatic carbocycles. The second kappa shape index (κ2) is 4.18. The first-order chi connectivity index (χ1) is 7.81. The average molecular weight is 220 g/mol. The number of fused-ring (bicyclic) bond motifs is 1. The van der Waals surface area contributed by atoms with Crippen molar-refractivity contribution in [3.63, 3.8) is 0 Å². The molecule has 2 aliphatic rings. The third-order valence-electron chi connectivity index (χ3n) is 3.75. The van der Waals surface area contributed by atoms with Crippen molar-refractivity contribution in [1.82, 2.24) is 14.9 Å². The van der Waals surface area contributed by atoms with Crippen LogP contribution in [0.25, 0.3) is 0 Å². The van der Waals surface area contributed by atoms with E-state index in [2.05, 4.69) is 16.1 Å². The van der Waals surface area contributed by atoms with Crippen molar-refractivity contribution in [3.05, 3.63) is 17.7 Å². The van der Waals surface area contributed by atoms with E-state index >= 15 is 0 Å². The summed E-state index contributed by atoms with van der Waals surface area (Å²) >= 11 is 0. The molecule has 3 N–H and O–H groups in total. The van der Waals surface area contributed by atoms with Gasteiger partial charge in [-0.25, -0.2) is 4.98 Å². The van der Waals surface area contributed by atoms with Gasteiger partial charge in [0, 0.05) is 25.2 Å². The van der Waals surface area contributed by atoms with Gasteiger partial charge in [0.25, 0.3) is 0 Å². The van der Waals surface area contributed by atoms with Gasteiger partial charge in [-0.1, -0.05) is 0 Å². The highest BCUT2D eigenvalue weighted by Gasteiger charge is 2.20. The normalized spacial score (nSPS) is 29.3. The maximum Gasteiger partial charge on any atom is 0.110 e. The van der Waals surface area contributed by atoms with E-state index in [4.69, 9.17) is 10.7 Å². The molecule has 2 unspecified atom stereocenters. The summed E-state index contributed by atoms with van der Waals surface area (Å²) < 4.78 is 2.29. The van der Waals surface area contributed by atoms with Gasteiger partial charge in [0.1, 0.15) is 5.82 Å². The number of hydrogen-bond donors (Lipinski definition) is 2. The van der Waals surface area contributed by atoms with Crippen LogP contribution >= 0.6 is 0 Å². The van der Waals surface area contributed by atoms with Crippen molar-refractivity contribution < 1.29 is 0 Å². The fourth-order valence-electron chi connectivity index (χ4n) is 2.79. The zero-order chi connectivity index (χ0) is 11.0. The number of nitrogens with zero attached hydrogens (tertiary/aromatic N) is 2. The predicted octanol–water partition coefficient (Wildman–Crippen LogP) is 0.309. The standard InChI is InChI=1S/C12H20N4/c13-10-2-4-16-8-11(15-12(16)6-10)5-9-1-3-14-7-9/h8-10,14H,1-7,13H2. The lowest BCUT2D eigenvalue weighted by Crippen LogP contribution is -2.30. The van der Waals surface area contributed by atoms with E-state index in [0.717, 1.165) is 38.3 Å². The molecular formula is C12H20N4. The third kappa shape index (κ3) is 1.99. The largest absolute Gasteiger partial charge is 0.335 e. The molecule has 1 aromatic heterocycles. The topological polar surface area (TPSA) is 55.9 Å². The van der Waals surface area contributed by atoms with Crippen LogP contribution in [0.5, 0.6) is 0 Å². The van der Waals surface area contributed by atoms with Gasteiger partial charge in [0.2, 0.25) is 0 Å². The van der Waals surface area contributed by atoms with Gasteiger partial charge in [0.05, 0.1) is 5.69 Å². The number of nitrogens with two attached hydrogens (primary N) is 1. The summed E-state index contributed by atoms with van der Waals surface area (Å²) in [6.07, 6.45) is 6.69. The monoisotopic (exact) mass is 220 g/mol. The van der Waals surface area contributed by atoms with Crippen LogP contribution in [0.1, 0.15) is 24.4 Å². The number of aryl methyl sites for hydroxylation is 1. The van der Waals surface area contributed by atoms with Crippen molar-refractivity contribution >= 4 is 0 Å². The lowest BCUT2D eigenvalue weighted by Gasteiger charge is -2.18. The highest BCUT2D eigenvalue weighted by atomic mass is 15.1. The maximum absolute atomic E-state index is 5.96. The van der Waals surface area contributed by atoms with Gasteiger partial charge in [-0.2, -0.15) is 0 Å². The smallest absolute Gasteiger partial charge is 0.110 e. The summed E-state index contributed by atoms with van der Waals surface area (Å²) in [5.41, 5.74) is 7.22. The fourth-order valence-corrected chi connectivity index (χ4v) is 2.79. The summed E-state index contributed by atoms with van der Waals surface area (Å²) in [5, 5.41) is 3.41. The molecule has 1 aromatic rings. The van der Waals surface area contributed by atoms with Crippen LogP contribution in [-0.4, -0.2) is 28.7 Å². The van der Waals surface area contributed by atoms with E-state index < -0.39 is 0 Å². The maximum atomic E-state index is 5.96. The Morgan fingerprint density at radius 1 is 1.50 bits per heavy atom. The molecule has 0 saturated carbocycles. The molecule has 0 radical (unpaired) electrons. The molecule has 2 aliphatic heterocycles. The molecule has 4 nitrogen and oxygen atoms in total. The van der Waals surface area contributed by atoms with Crippen LogP contribution in [0, 0.1) is 5.92 Å². The van der Waals surface area contributed by atoms with Gasteiger partial charge >= 0.3 is 0 Å². The average Bonchev–Trinajstić information content (AvgIpc) is 2.86. The van der Waals surface area contributed by atoms with Crippen molar-refractivity contribution in [1.29, 1.82) is 0 Å². The SMILES string of the molecule is NC1CCn2cc(CC3CCNC3)nc2C1. The minimum atomic E-state index is 0.316. The molecule has 4 heteroatoms. The first-order valence-electron chi connectivity index (χ1n) is 6.32. The molecule has 3 rings (SSSR count). The highest BCUT2D eigenvalue weighted by molar-refractivity contribution is 5.09. The Morgan fingerprint density at radius 3 is 3.25 bits per heavy atom. The first kappa shape index (κ1) is 10.3. The van der Waals surface area contributed by atoms with Crippen LogP contribution in [0.15, 0.2) is 6.20 Å². The second-order valence-electron chi connectivity index (χ2n) is 5.16. The molecule has 16 heavy (non-hydrogen) atoms. The third-order valence-corrected chi connectivity index (χ3v) is 3.75. The van der Waals surface area contributed by atoms with Gasteiger partial charge < -0.3 is 15.6 Å². The van der Waals surface area contributed by atoms with E-state index in [1.807, 2.05) is 0 Å². The molecule has 1 fully saturated rings. The van der Waals surface area contributed by atoms with E-state index in [1.165, 1.54) is 24.5 Å². The Bertz CT molecular complexity index is 365. The lowest BCUT2D eigenvalue weighted by atomic mass is 10.0. The summed E-state index contributed by atoms with van der Waals surface area (Å²) in [6, 6.07) is 0.316. The Balaban J connectivity index is 1.71. The van der Waals surface area contributed by atoms with Gasteiger partial charge in [0.15, 0.2) is 0 Å². The molecule has 2 atom stereocenters. The Morgan fingerprint density at radius 2 is 2.44 bits per heavy atom. The van der Waals surface area contributed by atoms with E-state index in [0.29, 0.717) is 6.04 Å². The van der Waals surface area contributed by atoms with Crippen LogP contribution in [-0.2, 0) is 19.4 Å². The fraction of sp³-hybridized carbons (Fsp3) is 0.750. The molecular weight excluding hydrogens is 200 g/mol. The minimum Gasteiger partial charge on any atom is -0.335 e. The predicted molar refractivity (Wildman–Crippen MR) is 63.2 cm³/mol. The quantitative estimate of drug-likeness (QED) is 0.754. The minimum absolute atomic E-state index is 0.316. The Kier molecular flexibility index (Phi) is 2.69. The molecule has 0 bridgehead atoms. The highest BCUT2D eigenvalue weighted by Crippen LogP contribution is 2.18. The van der Waals surface area contributed by atoms with Crippen LogP contribution in [0.2, 0.25) is 0 Å². The summed E-state index contributed by atoms with van der Waals surface area (Å²) in [4.78, 5) is 4.72. The Labute approximate surface area is 96.2 Å². The number of aromatic nitrogens is 2. The first-order valence-corrected chi connectivity index (χ1v) is 6.32. The second-order valence-corrected chi connectivity index (χ2v) is 5.16. The van der Waals surface area contributed by atoms with Crippen molar-refractivity contribution in [3.8, 4) is 0 Å². The summed E-state index contributed by atoms with van der Waals surface area (Å²) in [7, 11) is 0. The van der Waals surface area contributed by atoms with E-state index in [9.17, 15) is 0 Å². The number of hydrogen-bond acceptors (Lipinski definition) is 3. The number of rotatable bonds is 2. The molecule has 0 aromatic carbocycles. The molecule has 0 spiro atoms. The van der Waals surface area contributed by atoms with Crippen molar-refractivity contribution in [2.75, 3.05) is 13.1 Å². The van der Waals surface area contributed by atoms with Crippen LogP contribution in [0.4, 0.5) is 0 Å². The van der Waals surface area contributed by atoms with Crippen molar-refractivity contribution in [2.45, 2.75) is 38.3 Å². The molecule has 1 saturated heterocycles. The molecule has 0 amide bonds. The van der Waals surface area contributed by atoms with Gasteiger partial charge in [-0.3, -0.25) is 0 Å². The van der Waals surface area contributed by atoms with E-state index in [1.54, 1.807) is 0 Å². The van der Waals surface area contributed by atoms with Crippen molar-refractivity contribution in [2.24, 2.45) is 11.7 Å². The summed E-state index contributed by atoms with van der Waals surface area (Å²) in [6.45, 7) is 3.37. The Hall–Kier alpha value is -0.870. The lowest BCUT2D eigenvalue weighted by molar-refractivity contribution is 0.463.